The van der Waals surface area contributed by atoms with Gasteiger partial charge in [0, 0.05) is 6.42 Å². The van der Waals surface area contributed by atoms with E-state index in [0.29, 0.717) is 6.42 Å². The van der Waals surface area contributed by atoms with Crippen LogP contribution in [-0.2, 0) is 4.79 Å². The van der Waals surface area contributed by atoms with Crippen molar-refractivity contribution < 1.29 is 4.79 Å². The molecular weight excluding hydrogens is 332 g/mol. The van der Waals surface area contributed by atoms with E-state index in [0.717, 1.165) is 18.4 Å². The van der Waals surface area contributed by atoms with Gasteiger partial charge in [-0.05, 0) is 18.9 Å². The zero-order valence-corrected chi connectivity index (χ0v) is 17.6. The maximum atomic E-state index is 11.8. The van der Waals surface area contributed by atoms with E-state index in [2.05, 4.69) is 24.4 Å². The summed E-state index contributed by atoms with van der Waals surface area (Å²) < 4.78 is 0. The number of unbranched alkanes of at least 4 members (excludes halogenated alkanes) is 12. The van der Waals surface area contributed by atoms with E-state index in [1.807, 2.05) is 24.3 Å². The molecule has 0 bridgehead atoms. The highest BCUT2D eigenvalue weighted by atomic mass is 16.2. The maximum Gasteiger partial charge on any atom is 0.240 e. The first-order valence-electron chi connectivity index (χ1n) is 11.1. The number of carbonyl (C=O) groups is 1. The molecule has 27 heavy (non-hydrogen) atoms. The Kier molecular flexibility index (Phi) is 14.3. The molecule has 0 saturated carbocycles. The minimum absolute atomic E-state index is 0.0152. The summed E-state index contributed by atoms with van der Waals surface area (Å²) in [4.78, 5) is 11.8. The predicted molar refractivity (Wildman–Crippen MR) is 117 cm³/mol. The molecule has 0 atom stereocenters. The number of hydrazone groups is 1. The van der Waals surface area contributed by atoms with Crippen LogP contribution in [-0.4, -0.2) is 12.1 Å². The van der Waals surface area contributed by atoms with E-state index in [4.69, 9.17) is 0 Å². The summed E-state index contributed by atoms with van der Waals surface area (Å²) in [6.45, 7) is 4.32. The molecule has 3 heteroatoms. The van der Waals surface area contributed by atoms with Gasteiger partial charge in [-0.15, -0.1) is 0 Å². The number of nitrogens with zero attached hydrogens (tertiary/aromatic N) is 1. The smallest absolute Gasteiger partial charge is 0.240 e. The molecule has 0 fully saturated rings. The Bertz CT molecular complexity index is 508. The first kappa shape index (κ1) is 23.4. The lowest BCUT2D eigenvalue weighted by molar-refractivity contribution is -0.121. The van der Waals surface area contributed by atoms with Crippen molar-refractivity contribution >= 4 is 12.1 Å². The standard InChI is InChI=1S/C24H40N2O/c1-3-4-5-6-7-8-9-10-11-12-13-14-15-16-24(27)26-25-21-23-19-17-22(2)18-20-23/h17-21H,3-16H2,1-2H3,(H,26,27). The molecule has 152 valence electrons. The zero-order chi connectivity index (χ0) is 19.6. The summed E-state index contributed by atoms with van der Waals surface area (Å²) in [7, 11) is 0. The SMILES string of the molecule is CCCCCCCCCCCCCCCC(=O)NN=Cc1ccc(C)cc1. The van der Waals surface area contributed by atoms with Crippen molar-refractivity contribution in [3.05, 3.63) is 35.4 Å². The Morgan fingerprint density at radius 2 is 1.30 bits per heavy atom. The summed E-state index contributed by atoms with van der Waals surface area (Å²) in [5.41, 5.74) is 4.84. The lowest BCUT2D eigenvalue weighted by Crippen LogP contribution is -2.16. The molecule has 0 aromatic heterocycles. The van der Waals surface area contributed by atoms with Gasteiger partial charge in [0.2, 0.25) is 5.91 Å². The van der Waals surface area contributed by atoms with Gasteiger partial charge < -0.3 is 0 Å². The molecule has 1 aromatic rings. The Hall–Kier alpha value is -1.64. The number of hydrogen-bond acceptors (Lipinski definition) is 2. The van der Waals surface area contributed by atoms with Crippen LogP contribution in [0.3, 0.4) is 0 Å². The van der Waals surface area contributed by atoms with Crippen molar-refractivity contribution in [2.24, 2.45) is 5.10 Å². The Labute approximate surface area is 167 Å². The second-order valence-electron chi connectivity index (χ2n) is 7.70. The van der Waals surface area contributed by atoms with E-state index in [-0.39, 0.29) is 5.91 Å². The molecule has 0 radical (unpaired) electrons. The van der Waals surface area contributed by atoms with Crippen LogP contribution in [0.5, 0.6) is 0 Å². The molecule has 1 N–H and O–H groups in total. The van der Waals surface area contributed by atoms with Crippen molar-refractivity contribution in [2.45, 2.75) is 104 Å². The van der Waals surface area contributed by atoms with Crippen LogP contribution in [0, 0.1) is 6.92 Å². The minimum Gasteiger partial charge on any atom is -0.273 e. The highest BCUT2D eigenvalue weighted by molar-refractivity contribution is 5.82. The summed E-state index contributed by atoms with van der Waals surface area (Å²) in [5.74, 6) is 0.0152. The second kappa shape index (κ2) is 16.5. The van der Waals surface area contributed by atoms with Gasteiger partial charge in [0.25, 0.3) is 0 Å². The number of amides is 1. The first-order valence-corrected chi connectivity index (χ1v) is 11.1. The lowest BCUT2D eigenvalue weighted by atomic mass is 10.0. The first-order chi connectivity index (χ1) is 13.2. The van der Waals surface area contributed by atoms with Crippen molar-refractivity contribution in [3.63, 3.8) is 0 Å². The molecule has 0 unspecified atom stereocenters. The van der Waals surface area contributed by atoms with Gasteiger partial charge in [0.15, 0.2) is 0 Å². The highest BCUT2D eigenvalue weighted by Gasteiger charge is 1.99. The maximum absolute atomic E-state index is 11.8. The third kappa shape index (κ3) is 14.1. The molecule has 0 aliphatic carbocycles. The average Bonchev–Trinajstić information content (AvgIpc) is 2.67. The number of nitrogens with one attached hydrogen (secondary N) is 1. The molecular formula is C24H40N2O. The number of hydrogen-bond donors (Lipinski definition) is 1. The monoisotopic (exact) mass is 372 g/mol. The second-order valence-corrected chi connectivity index (χ2v) is 7.70. The van der Waals surface area contributed by atoms with Gasteiger partial charge in [-0.25, -0.2) is 5.43 Å². The largest absolute Gasteiger partial charge is 0.273 e. The fourth-order valence-electron chi connectivity index (χ4n) is 3.19. The van der Waals surface area contributed by atoms with E-state index in [1.54, 1.807) is 6.21 Å². The van der Waals surface area contributed by atoms with Crippen LogP contribution >= 0.6 is 0 Å². The molecule has 0 aliphatic rings. The van der Waals surface area contributed by atoms with Crippen LogP contribution in [0.2, 0.25) is 0 Å². The molecule has 1 aromatic carbocycles. The fourth-order valence-corrected chi connectivity index (χ4v) is 3.19. The Morgan fingerprint density at radius 3 is 1.81 bits per heavy atom. The molecule has 1 amide bonds. The molecule has 3 nitrogen and oxygen atoms in total. The van der Waals surface area contributed by atoms with Crippen LogP contribution < -0.4 is 5.43 Å². The topological polar surface area (TPSA) is 41.5 Å². The van der Waals surface area contributed by atoms with Crippen LogP contribution in [0.4, 0.5) is 0 Å². The van der Waals surface area contributed by atoms with Gasteiger partial charge >= 0.3 is 0 Å². The lowest BCUT2D eigenvalue weighted by Gasteiger charge is -2.03. The molecule has 0 spiro atoms. The number of carbonyl (C=O) groups excluding carboxylic acids is 1. The van der Waals surface area contributed by atoms with Gasteiger partial charge in [-0.1, -0.05) is 114 Å². The van der Waals surface area contributed by atoms with Crippen LogP contribution in [0.25, 0.3) is 0 Å². The number of aryl methyl sites for hydroxylation is 1. The summed E-state index contributed by atoms with van der Waals surface area (Å²) in [6.07, 6.45) is 19.5. The van der Waals surface area contributed by atoms with Gasteiger partial charge in [-0.2, -0.15) is 5.10 Å². The van der Waals surface area contributed by atoms with E-state index in [9.17, 15) is 4.79 Å². The van der Waals surface area contributed by atoms with Gasteiger partial charge in [0.05, 0.1) is 6.21 Å². The molecule has 0 saturated heterocycles. The molecule has 0 heterocycles. The van der Waals surface area contributed by atoms with Crippen molar-refractivity contribution in [1.82, 2.24) is 5.43 Å². The number of rotatable bonds is 16. The fraction of sp³-hybridized carbons (Fsp3) is 0.667. The van der Waals surface area contributed by atoms with E-state index in [1.165, 1.54) is 76.2 Å². The Balaban J connectivity index is 1.87. The van der Waals surface area contributed by atoms with E-state index < -0.39 is 0 Å². The highest BCUT2D eigenvalue weighted by Crippen LogP contribution is 2.12. The quantitative estimate of drug-likeness (QED) is 0.191. The van der Waals surface area contributed by atoms with Crippen LogP contribution in [0.15, 0.2) is 29.4 Å². The van der Waals surface area contributed by atoms with Crippen LogP contribution in [0.1, 0.15) is 108 Å². The van der Waals surface area contributed by atoms with Crippen molar-refractivity contribution in [2.75, 3.05) is 0 Å². The van der Waals surface area contributed by atoms with Gasteiger partial charge in [0.1, 0.15) is 0 Å². The average molecular weight is 373 g/mol. The minimum atomic E-state index is 0.0152. The molecule has 0 aliphatic heterocycles. The summed E-state index contributed by atoms with van der Waals surface area (Å²) >= 11 is 0. The molecule has 1 rings (SSSR count). The third-order valence-electron chi connectivity index (χ3n) is 4.99. The zero-order valence-electron chi connectivity index (χ0n) is 17.6. The summed E-state index contributed by atoms with van der Waals surface area (Å²) in [6, 6.07) is 8.07. The normalized spacial score (nSPS) is 11.2. The predicted octanol–water partition coefficient (Wildman–Crippen LogP) is 6.93. The Morgan fingerprint density at radius 1 is 0.815 bits per heavy atom. The van der Waals surface area contributed by atoms with Crippen molar-refractivity contribution in [1.29, 1.82) is 0 Å². The van der Waals surface area contributed by atoms with Crippen molar-refractivity contribution in [3.8, 4) is 0 Å². The van der Waals surface area contributed by atoms with Gasteiger partial charge in [-0.3, -0.25) is 4.79 Å². The summed E-state index contributed by atoms with van der Waals surface area (Å²) in [5, 5.41) is 4.03. The third-order valence-corrected chi connectivity index (χ3v) is 4.99. The van der Waals surface area contributed by atoms with E-state index >= 15 is 0 Å². The number of benzene rings is 1.